The molecule has 0 saturated carbocycles. The maximum atomic E-state index is 11.7. The number of alkyl carbamates (subject to hydrolysis) is 1. The van der Waals surface area contributed by atoms with Crippen LogP contribution in [0.15, 0.2) is 30.2 Å². The molecule has 0 aliphatic rings. The summed E-state index contributed by atoms with van der Waals surface area (Å²) in [6.45, 7) is 6.18. The summed E-state index contributed by atoms with van der Waals surface area (Å²) in [5.41, 5.74) is 0. The van der Waals surface area contributed by atoms with Crippen molar-refractivity contribution in [2.24, 2.45) is 5.92 Å². The number of ketones is 2. The molecule has 1 N–H and O–H groups in total. The van der Waals surface area contributed by atoms with Crippen molar-refractivity contribution in [3.8, 4) is 0 Å². The molecule has 0 fully saturated rings. The molecule has 1 atom stereocenters. The zero-order chi connectivity index (χ0) is 15.1. The van der Waals surface area contributed by atoms with E-state index in [-0.39, 0.29) is 18.2 Å². The third-order valence-corrected chi connectivity index (χ3v) is 3.62. The number of thiophene rings is 1. The van der Waals surface area contributed by atoms with Gasteiger partial charge >= 0.3 is 6.09 Å². The molecule has 0 unspecified atom stereocenters. The van der Waals surface area contributed by atoms with E-state index in [4.69, 9.17) is 4.74 Å². The Bertz CT molecular complexity index is 481. The van der Waals surface area contributed by atoms with Crippen molar-refractivity contribution in [3.05, 3.63) is 35.0 Å². The third-order valence-electron chi connectivity index (χ3n) is 2.66. The average Bonchev–Trinajstić information content (AvgIpc) is 2.88. The molecule has 0 bridgehead atoms. The summed E-state index contributed by atoms with van der Waals surface area (Å²) in [6.07, 6.45) is 0.753. The van der Waals surface area contributed by atoms with Gasteiger partial charge in [0.15, 0.2) is 0 Å². The Morgan fingerprint density at radius 2 is 2.05 bits per heavy atom. The van der Waals surface area contributed by atoms with E-state index >= 15 is 0 Å². The molecule has 1 aromatic rings. The lowest BCUT2D eigenvalue weighted by atomic mass is 9.91. The van der Waals surface area contributed by atoms with Crippen molar-refractivity contribution >= 4 is 29.0 Å². The monoisotopic (exact) mass is 295 g/mol. The second-order valence-corrected chi connectivity index (χ2v) is 5.20. The number of hydrogen-bond donors (Lipinski definition) is 1. The van der Waals surface area contributed by atoms with E-state index in [1.54, 1.807) is 12.1 Å². The fourth-order valence-corrected chi connectivity index (χ4v) is 2.66. The highest BCUT2D eigenvalue weighted by atomic mass is 32.1. The predicted octanol–water partition coefficient (Wildman–Crippen LogP) is 2.50. The zero-order valence-corrected chi connectivity index (χ0v) is 12.2. The molecule has 0 aliphatic heterocycles. The number of hydrogen-bond acceptors (Lipinski definition) is 5. The van der Waals surface area contributed by atoms with Gasteiger partial charge < -0.3 is 10.1 Å². The largest absolute Gasteiger partial charge is 0.445 e. The van der Waals surface area contributed by atoms with Crippen LogP contribution >= 0.6 is 11.3 Å². The van der Waals surface area contributed by atoms with Crippen LogP contribution in [0.4, 0.5) is 4.79 Å². The Kier molecular flexibility index (Phi) is 6.11. The maximum absolute atomic E-state index is 11.7. The van der Waals surface area contributed by atoms with E-state index in [1.165, 1.54) is 31.3 Å². The number of nitrogens with one attached hydrogen (secondary N) is 1. The quantitative estimate of drug-likeness (QED) is 0.619. The lowest BCUT2D eigenvalue weighted by Crippen LogP contribution is -2.39. The summed E-state index contributed by atoms with van der Waals surface area (Å²) >= 11 is 1.37. The minimum Gasteiger partial charge on any atom is -0.445 e. The summed E-state index contributed by atoms with van der Waals surface area (Å²) in [4.78, 5) is 35.8. The average molecular weight is 295 g/mol. The molecular weight excluding hydrogens is 278 g/mol. The van der Waals surface area contributed by atoms with Gasteiger partial charge in [-0.25, -0.2) is 4.79 Å². The van der Waals surface area contributed by atoms with Crippen LogP contribution in [0.25, 0.3) is 0 Å². The van der Waals surface area contributed by atoms with Crippen molar-refractivity contribution in [3.63, 3.8) is 0 Å². The molecule has 0 aromatic carbocycles. The smallest absolute Gasteiger partial charge is 0.407 e. The Morgan fingerprint density at radius 3 is 2.50 bits per heavy atom. The van der Waals surface area contributed by atoms with Crippen LogP contribution in [-0.2, 0) is 14.3 Å². The van der Waals surface area contributed by atoms with E-state index in [0.717, 1.165) is 4.88 Å². The van der Waals surface area contributed by atoms with Crippen molar-refractivity contribution in [1.29, 1.82) is 0 Å². The summed E-state index contributed by atoms with van der Waals surface area (Å²) in [7, 11) is 0. The van der Waals surface area contributed by atoms with Crippen LogP contribution in [-0.4, -0.2) is 24.3 Å². The Hall–Kier alpha value is -1.95. The van der Waals surface area contributed by atoms with Crippen LogP contribution < -0.4 is 5.32 Å². The second-order valence-electron chi connectivity index (χ2n) is 4.22. The predicted molar refractivity (Wildman–Crippen MR) is 76.6 cm³/mol. The highest BCUT2D eigenvalue weighted by Crippen LogP contribution is 2.27. The molecular formula is C14H17NO4S. The summed E-state index contributed by atoms with van der Waals surface area (Å²) in [5.74, 6) is -1.50. The van der Waals surface area contributed by atoms with E-state index < -0.39 is 18.1 Å². The van der Waals surface area contributed by atoms with Gasteiger partial charge in [0, 0.05) is 4.88 Å². The van der Waals surface area contributed by atoms with Gasteiger partial charge in [0.1, 0.15) is 24.1 Å². The molecule has 1 rings (SSSR count). The van der Waals surface area contributed by atoms with Gasteiger partial charge in [-0.3, -0.25) is 9.59 Å². The van der Waals surface area contributed by atoms with Crippen molar-refractivity contribution < 1.29 is 19.1 Å². The first kappa shape index (κ1) is 16.1. The van der Waals surface area contributed by atoms with Gasteiger partial charge in [-0.15, -0.1) is 11.3 Å². The number of amides is 1. The van der Waals surface area contributed by atoms with E-state index in [9.17, 15) is 14.4 Å². The van der Waals surface area contributed by atoms with Gasteiger partial charge in [-0.1, -0.05) is 18.7 Å². The topological polar surface area (TPSA) is 72.5 Å². The first-order chi connectivity index (χ1) is 9.47. The molecule has 5 nitrogen and oxygen atoms in total. The van der Waals surface area contributed by atoms with Crippen LogP contribution in [0.5, 0.6) is 0 Å². The van der Waals surface area contributed by atoms with Crippen molar-refractivity contribution in [2.75, 3.05) is 6.61 Å². The highest BCUT2D eigenvalue weighted by Gasteiger charge is 2.33. The fourth-order valence-electron chi connectivity index (χ4n) is 1.85. The molecule has 1 aromatic heterocycles. The fraction of sp³-hybridized carbons (Fsp3) is 0.357. The molecule has 1 heterocycles. The van der Waals surface area contributed by atoms with Gasteiger partial charge in [0.25, 0.3) is 0 Å². The zero-order valence-electron chi connectivity index (χ0n) is 11.4. The van der Waals surface area contributed by atoms with Gasteiger partial charge in [0.2, 0.25) is 0 Å². The molecule has 0 spiro atoms. The lowest BCUT2D eigenvalue weighted by Gasteiger charge is -2.23. The standard InChI is InChI=1S/C14H17NO4S/c1-4-7-19-14(18)15-13(11-6-5-8-20-11)12(9(2)16)10(3)17/h4-6,8,12-13H,1,7H2,2-3H3,(H,15,18)/t13-/m0/s1. The summed E-state index contributed by atoms with van der Waals surface area (Å²) in [5, 5.41) is 4.39. The Balaban J connectivity index is 2.96. The number of Topliss-reactive ketones (excluding diaryl/α,β-unsaturated/α-hetero) is 2. The first-order valence-electron chi connectivity index (χ1n) is 6.05. The summed E-state index contributed by atoms with van der Waals surface area (Å²) in [6, 6.07) is 2.85. The molecule has 0 aliphatic carbocycles. The number of carbonyl (C=O) groups is 3. The Morgan fingerprint density at radius 1 is 1.40 bits per heavy atom. The van der Waals surface area contributed by atoms with Gasteiger partial charge in [-0.2, -0.15) is 0 Å². The minimum atomic E-state index is -0.912. The van der Waals surface area contributed by atoms with Gasteiger partial charge in [-0.05, 0) is 25.3 Å². The van der Waals surface area contributed by atoms with Crippen LogP contribution in [0, 0.1) is 5.92 Å². The molecule has 108 valence electrons. The van der Waals surface area contributed by atoms with Gasteiger partial charge in [0.05, 0.1) is 6.04 Å². The molecule has 1 amide bonds. The number of ether oxygens (including phenoxy) is 1. The number of carbonyl (C=O) groups excluding carboxylic acids is 3. The maximum Gasteiger partial charge on any atom is 0.407 e. The molecule has 0 radical (unpaired) electrons. The summed E-state index contributed by atoms with van der Waals surface area (Å²) < 4.78 is 4.84. The SMILES string of the molecule is C=CCOC(=O)N[C@@H](c1cccs1)C(C(C)=O)C(C)=O. The second kappa shape index (κ2) is 7.59. The van der Waals surface area contributed by atoms with E-state index in [1.807, 2.05) is 5.38 Å². The van der Waals surface area contributed by atoms with Crippen molar-refractivity contribution in [1.82, 2.24) is 5.32 Å². The molecule has 20 heavy (non-hydrogen) atoms. The van der Waals surface area contributed by atoms with Crippen LogP contribution in [0.1, 0.15) is 24.8 Å². The number of rotatable bonds is 7. The third kappa shape index (κ3) is 4.31. The minimum absolute atomic E-state index is 0.0633. The normalized spacial score (nSPS) is 11.8. The van der Waals surface area contributed by atoms with E-state index in [0.29, 0.717) is 0 Å². The van der Waals surface area contributed by atoms with Crippen LogP contribution in [0.2, 0.25) is 0 Å². The molecule has 6 heteroatoms. The molecule has 0 saturated heterocycles. The first-order valence-corrected chi connectivity index (χ1v) is 6.93. The highest BCUT2D eigenvalue weighted by molar-refractivity contribution is 7.10. The van der Waals surface area contributed by atoms with Crippen LogP contribution in [0.3, 0.4) is 0 Å². The Labute approximate surface area is 121 Å². The lowest BCUT2D eigenvalue weighted by molar-refractivity contribution is -0.131. The van der Waals surface area contributed by atoms with E-state index in [2.05, 4.69) is 11.9 Å². The van der Waals surface area contributed by atoms with Crippen molar-refractivity contribution in [2.45, 2.75) is 19.9 Å².